The summed E-state index contributed by atoms with van der Waals surface area (Å²) in [4.78, 5) is 2.10. The average molecular weight is 447 g/mol. The first kappa shape index (κ1) is 22.4. The Labute approximate surface area is 174 Å². The normalized spacial score (nSPS) is 25.7. The zero-order valence-corrected chi connectivity index (χ0v) is 19.0. The van der Waals surface area contributed by atoms with Gasteiger partial charge < -0.3 is 9.64 Å². The summed E-state index contributed by atoms with van der Waals surface area (Å²) in [5, 5.41) is 0. The molecule has 0 amide bonds. The van der Waals surface area contributed by atoms with Gasteiger partial charge in [-0.15, -0.1) is 0 Å². The minimum Gasteiger partial charge on any atom is -0.487 e. The van der Waals surface area contributed by atoms with Gasteiger partial charge in [0, 0.05) is 40.3 Å². The molecule has 2 aliphatic heterocycles. The van der Waals surface area contributed by atoms with Gasteiger partial charge in [-0.1, -0.05) is 12.1 Å². The van der Waals surface area contributed by atoms with Gasteiger partial charge in [-0.05, 0) is 39.1 Å². The maximum absolute atomic E-state index is 13.5. The fraction of sp³-hybridized carbons (Fsp3) is 0.667. The summed E-state index contributed by atoms with van der Waals surface area (Å²) in [6.45, 7) is 1.40. The highest BCUT2D eigenvalue weighted by Crippen LogP contribution is 2.36. The summed E-state index contributed by atoms with van der Waals surface area (Å²) >= 11 is 0. The van der Waals surface area contributed by atoms with Crippen LogP contribution in [0.3, 0.4) is 0 Å². The number of rotatable bonds is 5. The molecule has 1 aromatic rings. The van der Waals surface area contributed by atoms with Crippen LogP contribution < -0.4 is 4.74 Å². The van der Waals surface area contributed by atoms with Crippen LogP contribution >= 0.6 is 0 Å². The van der Waals surface area contributed by atoms with Gasteiger partial charge in [0.1, 0.15) is 16.7 Å². The lowest BCUT2D eigenvalue weighted by Gasteiger charge is -2.32. The smallest absolute Gasteiger partial charge is 0.281 e. The molecule has 1 saturated heterocycles. The maximum Gasteiger partial charge on any atom is 0.281 e. The van der Waals surface area contributed by atoms with Crippen molar-refractivity contribution in [1.82, 2.24) is 17.8 Å². The number of nitrogens with zero attached hydrogens (tertiary/aromatic N) is 4. The summed E-state index contributed by atoms with van der Waals surface area (Å²) < 4.78 is 62.4. The lowest BCUT2D eigenvalue weighted by atomic mass is 10.1. The predicted octanol–water partition coefficient (Wildman–Crippen LogP) is 0.271. The van der Waals surface area contributed by atoms with Crippen LogP contribution in [-0.2, 0) is 20.2 Å². The molecule has 0 aromatic heterocycles. The maximum atomic E-state index is 13.5. The molecule has 2 aliphatic rings. The first-order valence-electron chi connectivity index (χ1n) is 9.65. The number of hydrogen-bond acceptors (Lipinski definition) is 6. The average Bonchev–Trinajstić information content (AvgIpc) is 2.89. The number of sulfonamides is 1. The Kier molecular flexibility index (Phi) is 6.56. The Balaban J connectivity index is 2.00. The Morgan fingerprint density at radius 2 is 1.76 bits per heavy atom. The van der Waals surface area contributed by atoms with Gasteiger partial charge in [-0.3, -0.25) is 0 Å². The first-order valence-corrected chi connectivity index (χ1v) is 12.5. The molecule has 0 unspecified atom stereocenters. The SMILES string of the molecule is CN(C)CCN1[C@H]2CCN(S(=O)(=O)N(C)C)CC[C@@H]2Oc2ccccc2S1(=O)=O. The van der Waals surface area contributed by atoms with Crippen molar-refractivity contribution < 1.29 is 21.6 Å². The lowest BCUT2D eigenvalue weighted by molar-refractivity contribution is 0.110. The number of likely N-dealkylation sites (N-methyl/N-ethyl adjacent to an activating group) is 1. The van der Waals surface area contributed by atoms with E-state index in [1.54, 1.807) is 24.3 Å². The highest BCUT2D eigenvalue weighted by molar-refractivity contribution is 7.89. The van der Waals surface area contributed by atoms with E-state index >= 15 is 0 Å². The zero-order valence-electron chi connectivity index (χ0n) is 17.4. The second-order valence-corrected chi connectivity index (χ2v) is 11.9. The highest BCUT2D eigenvalue weighted by Gasteiger charge is 2.44. The Morgan fingerprint density at radius 3 is 2.41 bits per heavy atom. The predicted molar refractivity (Wildman–Crippen MR) is 111 cm³/mol. The number of fused-ring (bicyclic) bond motifs is 2. The first-order chi connectivity index (χ1) is 13.5. The molecule has 9 nitrogen and oxygen atoms in total. The van der Waals surface area contributed by atoms with E-state index in [9.17, 15) is 16.8 Å². The molecule has 29 heavy (non-hydrogen) atoms. The fourth-order valence-electron chi connectivity index (χ4n) is 3.78. The highest BCUT2D eigenvalue weighted by atomic mass is 32.2. The molecule has 0 radical (unpaired) electrons. The van der Waals surface area contributed by atoms with Crippen molar-refractivity contribution in [3.05, 3.63) is 24.3 Å². The van der Waals surface area contributed by atoms with Crippen LogP contribution in [-0.4, -0.2) is 101 Å². The van der Waals surface area contributed by atoms with Gasteiger partial charge in [-0.2, -0.15) is 21.3 Å². The molecular formula is C18H30N4O5S2. The molecule has 164 valence electrons. The van der Waals surface area contributed by atoms with Crippen LogP contribution in [0.15, 0.2) is 29.2 Å². The summed E-state index contributed by atoms with van der Waals surface area (Å²) in [7, 11) is -0.555. The van der Waals surface area contributed by atoms with Crippen molar-refractivity contribution >= 4 is 20.2 Å². The van der Waals surface area contributed by atoms with E-state index in [2.05, 4.69) is 0 Å². The molecular weight excluding hydrogens is 416 g/mol. The number of para-hydroxylation sites is 1. The van der Waals surface area contributed by atoms with Crippen LogP contribution in [0.5, 0.6) is 5.75 Å². The number of benzene rings is 1. The van der Waals surface area contributed by atoms with Crippen molar-refractivity contribution in [2.75, 3.05) is 54.4 Å². The molecule has 0 spiro atoms. The zero-order chi connectivity index (χ0) is 21.4. The third-order valence-electron chi connectivity index (χ3n) is 5.41. The molecule has 2 heterocycles. The molecule has 2 atom stereocenters. The fourth-order valence-corrected chi connectivity index (χ4v) is 6.71. The van der Waals surface area contributed by atoms with Crippen LogP contribution in [0.4, 0.5) is 0 Å². The Bertz CT molecular complexity index is 933. The summed E-state index contributed by atoms with van der Waals surface area (Å²) in [5.74, 6) is 0.332. The van der Waals surface area contributed by atoms with Crippen LogP contribution in [0, 0.1) is 0 Å². The van der Waals surface area contributed by atoms with Gasteiger partial charge in [0.25, 0.3) is 10.2 Å². The van der Waals surface area contributed by atoms with Gasteiger partial charge in [0.2, 0.25) is 10.0 Å². The van der Waals surface area contributed by atoms with E-state index in [1.807, 2.05) is 19.0 Å². The molecule has 0 saturated carbocycles. The third-order valence-corrected chi connectivity index (χ3v) is 9.31. The van der Waals surface area contributed by atoms with Crippen molar-refractivity contribution in [2.24, 2.45) is 0 Å². The van der Waals surface area contributed by atoms with Crippen molar-refractivity contribution in [1.29, 1.82) is 0 Å². The second-order valence-electron chi connectivity index (χ2n) is 7.86. The van der Waals surface area contributed by atoms with Gasteiger partial charge in [0.05, 0.1) is 6.04 Å². The topological polar surface area (TPSA) is 90.5 Å². The summed E-state index contributed by atoms with van der Waals surface area (Å²) in [6, 6.07) is 6.24. The number of hydrogen-bond donors (Lipinski definition) is 0. The number of ether oxygens (including phenoxy) is 1. The molecule has 3 rings (SSSR count). The van der Waals surface area contributed by atoms with Crippen LogP contribution in [0.1, 0.15) is 12.8 Å². The van der Waals surface area contributed by atoms with E-state index in [-0.39, 0.29) is 18.0 Å². The third kappa shape index (κ3) is 4.44. The standard InChI is InChI=1S/C18H30N4O5S2/c1-19(2)13-14-22-15-9-11-21(29(25,26)20(3)4)12-10-16(15)27-17-7-5-6-8-18(17)28(22,23)24/h5-8,15-16H,9-14H2,1-4H3/t15-,16-/m0/s1. The molecule has 1 fully saturated rings. The van der Waals surface area contributed by atoms with Crippen molar-refractivity contribution in [3.63, 3.8) is 0 Å². The van der Waals surface area contributed by atoms with Crippen molar-refractivity contribution in [2.45, 2.75) is 29.9 Å². The van der Waals surface area contributed by atoms with Crippen molar-refractivity contribution in [3.8, 4) is 5.75 Å². The van der Waals surface area contributed by atoms with Gasteiger partial charge >= 0.3 is 0 Å². The summed E-state index contributed by atoms with van der Waals surface area (Å²) in [5.41, 5.74) is 0. The minimum atomic E-state index is -3.77. The van der Waals surface area contributed by atoms with E-state index in [1.165, 1.54) is 27.0 Å². The van der Waals surface area contributed by atoms with E-state index in [0.717, 1.165) is 0 Å². The lowest BCUT2D eigenvalue weighted by Crippen LogP contribution is -2.49. The van der Waals surface area contributed by atoms with Gasteiger partial charge in [0.15, 0.2) is 0 Å². The molecule has 0 aliphatic carbocycles. The minimum absolute atomic E-state index is 0.171. The monoisotopic (exact) mass is 446 g/mol. The molecule has 0 N–H and O–H groups in total. The Morgan fingerprint density at radius 1 is 1.10 bits per heavy atom. The van der Waals surface area contributed by atoms with E-state index < -0.39 is 32.4 Å². The molecule has 0 bridgehead atoms. The van der Waals surface area contributed by atoms with E-state index in [0.29, 0.717) is 31.7 Å². The molecule has 1 aromatic carbocycles. The largest absolute Gasteiger partial charge is 0.487 e. The summed E-state index contributed by atoms with van der Waals surface area (Å²) in [6.07, 6.45) is 0.372. The van der Waals surface area contributed by atoms with Crippen LogP contribution in [0.2, 0.25) is 0 Å². The van der Waals surface area contributed by atoms with E-state index in [4.69, 9.17) is 4.74 Å². The van der Waals surface area contributed by atoms with Crippen LogP contribution in [0.25, 0.3) is 0 Å². The Hall–Kier alpha value is -1.24. The quantitative estimate of drug-likeness (QED) is 0.645. The molecule has 11 heteroatoms. The van der Waals surface area contributed by atoms with Gasteiger partial charge in [-0.25, -0.2) is 8.42 Å². The second kappa shape index (κ2) is 8.48.